The Kier molecular flexibility index (Phi) is 8.26. The molecule has 0 atom stereocenters. The summed E-state index contributed by atoms with van der Waals surface area (Å²) in [6.07, 6.45) is 2.05. The Morgan fingerprint density at radius 2 is 1.72 bits per heavy atom. The van der Waals surface area contributed by atoms with Crippen molar-refractivity contribution in [2.75, 3.05) is 25.6 Å². The number of hydrogen-bond donors (Lipinski definition) is 1. The van der Waals surface area contributed by atoms with Gasteiger partial charge in [0.05, 0.1) is 25.1 Å². The van der Waals surface area contributed by atoms with E-state index in [9.17, 15) is 8.96 Å². The minimum Gasteiger partial charge on any atom is -0.489 e. The lowest BCUT2D eigenvalue weighted by atomic mass is 10.1. The Bertz CT molecular complexity index is 1100. The highest BCUT2D eigenvalue weighted by molar-refractivity contribution is 7.62. The van der Waals surface area contributed by atoms with Crippen molar-refractivity contribution in [1.82, 2.24) is 4.98 Å². The second-order valence-electron chi connectivity index (χ2n) is 6.82. The first kappa shape index (κ1) is 24.2. The molecule has 170 valence electrons. The Morgan fingerprint density at radius 3 is 2.38 bits per heavy atom. The van der Waals surface area contributed by atoms with Gasteiger partial charge >= 0.3 is 7.60 Å². The normalized spacial score (nSPS) is 11.5. The molecule has 0 spiro atoms. The molecule has 0 fully saturated rings. The molecule has 0 aliphatic heterocycles. The van der Waals surface area contributed by atoms with E-state index in [1.807, 2.05) is 12.1 Å². The predicted molar refractivity (Wildman–Crippen MR) is 125 cm³/mol. The third kappa shape index (κ3) is 5.87. The van der Waals surface area contributed by atoms with Gasteiger partial charge in [-0.2, -0.15) is 0 Å². The van der Waals surface area contributed by atoms with E-state index >= 15 is 0 Å². The summed E-state index contributed by atoms with van der Waals surface area (Å²) in [6, 6.07) is 13.0. The van der Waals surface area contributed by atoms with Crippen LogP contribution in [0.1, 0.15) is 19.4 Å². The van der Waals surface area contributed by atoms with Crippen molar-refractivity contribution < 1.29 is 22.7 Å². The zero-order chi connectivity index (χ0) is 23.1. The number of rotatable bonds is 10. The lowest BCUT2D eigenvalue weighted by molar-refractivity contribution is 0.230. The standard InChI is InChI=1S/C23H25ClFN2O4P/c1-3-30-32(28,31-4-2)20-8-5-16(6-9-20)18-14-22(23(26)27-15-18)29-12-11-17-13-19(25)7-10-21(17)24/h5-10,13-15H,3-4,11-12H2,1-2H3,(H2,26,27). The quantitative estimate of drug-likeness (QED) is 0.380. The molecule has 2 aromatic carbocycles. The average molecular weight is 479 g/mol. The summed E-state index contributed by atoms with van der Waals surface area (Å²) in [4.78, 5) is 4.21. The van der Waals surface area contributed by atoms with Crippen LogP contribution in [0.4, 0.5) is 10.2 Å². The number of anilines is 1. The monoisotopic (exact) mass is 478 g/mol. The van der Waals surface area contributed by atoms with Crippen LogP contribution in [0.2, 0.25) is 5.02 Å². The van der Waals surface area contributed by atoms with Crippen LogP contribution in [0, 0.1) is 5.82 Å². The number of ether oxygens (including phenoxy) is 1. The van der Waals surface area contributed by atoms with Crippen LogP contribution in [-0.4, -0.2) is 24.8 Å². The molecule has 3 aromatic rings. The third-order valence-electron chi connectivity index (χ3n) is 4.63. The third-order valence-corrected chi connectivity index (χ3v) is 7.13. The van der Waals surface area contributed by atoms with Crippen molar-refractivity contribution in [3.05, 3.63) is 71.1 Å². The molecule has 0 amide bonds. The molecular formula is C23H25ClFN2O4P. The molecule has 1 heterocycles. The molecule has 0 saturated carbocycles. The average Bonchev–Trinajstić information content (AvgIpc) is 2.78. The zero-order valence-electron chi connectivity index (χ0n) is 17.9. The summed E-state index contributed by atoms with van der Waals surface area (Å²) in [5.41, 5.74) is 8.21. The summed E-state index contributed by atoms with van der Waals surface area (Å²) in [5.74, 6) is 0.301. The van der Waals surface area contributed by atoms with Crippen LogP contribution in [0.3, 0.4) is 0 Å². The molecule has 0 aliphatic rings. The summed E-state index contributed by atoms with van der Waals surface area (Å²) in [5, 5.41) is 0.961. The molecule has 0 bridgehead atoms. The Hall–Kier alpha value is -2.44. The second-order valence-corrected chi connectivity index (χ2v) is 9.26. The van der Waals surface area contributed by atoms with Gasteiger partial charge in [-0.1, -0.05) is 23.7 Å². The van der Waals surface area contributed by atoms with Gasteiger partial charge in [0, 0.05) is 23.2 Å². The fourth-order valence-electron chi connectivity index (χ4n) is 3.10. The molecule has 32 heavy (non-hydrogen) atoms. The summed E-state index contributed by atoms with van der Waals surface area (Å²) in [7, 11) is -3.35. The van der Waals surface area contributed by atoms with E-state index in [0.717, 1.165) is 11.1 Å². The topological polar surface area (TPSA) is 83.7 Å². The van der Waals surface area contributed by atoms with Crippen molar-refractivity contribution in [1.29, 1.82) is 0 Å². The van der Waals surface area contributed by atoms with Crippen molar-refractivity contribution >= 4 is 30.3 Å². The lowest BCUT2D eigenvalue weighted by Crippen LogP contribution is -2.10. The van der Waals surface area contributed by atoms with Crippen LogP contribution in [-0.2, 0) is 20.0 Å². The number of benzene rings is 2. The van der Waals surface area contributed by atoms with Crippen LogP contribution in [0.15, 0.2) is 54.7 Å². The fourth-order valence-corrected chi connectivity index (χ4v) is 4.88. The van der Waals surface area contributed by atoms with Crippen LogP contribution in [0.5, 0.6) is 5.75 Å². The first-order chi connectivity index (χ1) is 15.4. The van der Waals surface area contributed by atoms with Crippen LogP contribution >= 0.6 is 19.2 Å². The number of nitrogens with zero attached hydrogens (tertiary/aromatic N) is 1. The number of pyridine rings is 1. The molecule has 0 unspecified atom stereocenters. The fraction of sp³-hybridized carbons (Fsp3) is 0.261. The van der Waals surface area contributed by atoms with Gasteiger partial charge in [-0.25, -0.2) is 9.37 Å². The van der Waals surface area contributed by atoms with Crippen molar-refractivity contribution in [3.8, 4) is 16.9 Å². The van der Waals surface area contributed by atoms with E-state index in [4.69, 9.17) is 31.1 Å². The SMILES string of the molecule is CCOP(=O)(OCC)c1ccc(-c2cnc(N)c(OCCc3cc(F)ccc3Cl)c2)cc1. The molecule has 1 aromatic heterocycles. The summed E-state index contributed by atoms with van der Waals surface area (Å²) < 4.78 is 42.9. The number of halogens is 2. The van der Waals surface area contributed by atoms with Gasteiger partial charge < -0.3 is 19.5 Å². The molecule has 2 N–H and O–H groups in total. The van der Waals surface area contributed by atoms with E-state index in [1.54, 1.807) is 38.2 Å². The second kappa shape index (κ2) is 10.9. The molecular weight excluding hydrogens is 454 g/mol. The molecule has 0 saturated heterocycles. The first-order valence-corrected chi connectivity index (χ1v) is 12.1. The van der Waals surface area contributed by atoms with Gasteiger partial charge in [0.2, 0.25) is 0 Å². The van der Waals surface area contributed by atoms with E-state index in [-0.39, 0.29) is 31.5 Å². The molecule has 3 rings (SSSR count). The van der Waals surface area contributed by atoms with Gasteiger partial charge in [-0.15, -0.1) is 0 Å². The van der Waals surface area contributed by atoms with Gasteiger partial charge in [-0.05, 0) is 61.4 Å². The van der Waals surface area contributed by atoms with Gasteiger partial charge in [0.25, 0.3) is 0 Å². The Morgan fingerprint density at radius 1 is 1.03 bits per heavy atom. The zero-order valence-corrected chi connectivity index (χ0v) is 19.5. The number of nitrogen functional groups attached to an aromatic ring is 1. The van der Waals surface area contributed by atoms with E-state index in [2.05, 4.69) is 4.98 Å². The van der Waals surface area contributed by atoms with E-state index < -0.39 is 7.60 Å². The maximum atomic E-state index is 13.4. The highest BCUT2D eigenvalue weighted by atomic mass is 35.5. The summed E-state index contributed by atoms with van der Waals surface area (Å²) >= 11 is 6.10. The number of hydrogen-bond acceptors (Lipinski definition) is 6. The van der Waals surface area contributed by atoms with Gasteiger partial charge in [0.15, 0.2) is 11.6 Å². The highest BCUT2D eigenvalue weighted by Gasteiger charge is 2.26. The van der Waals surface area contributed by atoms with Crippen molar-refractivity contribution in [2.24, 2.45) is 0 Å². The molecule has 0 radical (unpaired) electrons. The minimum absolute atomic E-state index is 0.243. The van der Waals surface area contributed by atoms with Gasteiger partial charge in [-0.3, -0.25) is 4.57 Å². The van der Waals surface area contributed by atoms with Gasteiger partial charge in [0.1, 0.15) is 5.82 Å². The highest BCUT2D eigenvalue weighted by Crippen LogP contribution is 2.47. The minimum atomic E-state index is -3.35. The van der Waals surface area contributed by atoms with Crippen molar-refractivity contribution in [3.63, 3.8) is 0 Å². The largest absolute Gasteiger partial charge is 0.489 e. The van der Waals surface area contributed by atoms with Crippen molar-refractivity contribution in [2.45, 2.75) is 20.3 Å². The van der Waals surface area contributed by atoms with Crippen LogP contribution in [0.25, 0.3) is 11.1 Å². The summed E-state index contributed by atoms with van der Waals surface area (Å²) in [6.45, 7) is 4.35. The maximum Gasteiger partial charge on any atom is 0.361 e. The Labute approximate surface area is 192 Å². The lowest BCUT2D eigenvalue weighted by Gasteiger charge is -2.17. The molecule has 0 aliphatic carbocycles. The molecule has 9 heteroatoms. The Balaban J connectivity index is 1.75. The maximum absolute atomic E-state index is 13.4. The number of nitrogens with two attached hydrogens (primary N) is 1. The van der Waals surface area contributed by atoms with Crippen LogP contribution < -0.4 is 15.8 Å². The molecule has 6 nitrogen and oxygen atoms in total. The smallest absolute Gasteiger partial charge is 0.361 e. The number of aromatic nitrogens is 1. The first-order valence-electron chi connectivity index (χ1n) is 10.2. The predicted octanol–water partition coefficient (Wildman–Crippen LogP) is 5.64. The van der Waals surface area contributed by atoms with E-state index in [0.29, 0.717) is 28.1 Å². The van der Waals surface area contributed by atoms with E-state index in [1.165, 1.54) is 18.2 Å².